The molecule has 1 aromatic heterocycles. The number of rotatable bonds is 4. The summed E-state index contributed by atoms with van der Waals surface area (Å²) in [6, 6.07) is 8.53. The van der Waals surface area contributed by atoms with Gasteiger partial charge in [0, 0.05) is 19.4 Å². The van der Waals surface area contributed by atoms with E-state index in [1.807, 2.05) is 30.3 Å². The molecule has 1 aliphatic heterocycles. The van der Waals surface area contributed by atoms with Gasteiger partial charge < -0.3 is 14.6 Å². The number of hydrogen-bond acceptors (Lipinski definition) is 4. The highest BCUT2D eigenvalue weighted by Crippen LogP contribution is 2.31. The van der Waals surface area contributed by atoms with E-state index in [4.69, 9.17) is 4.74 Å². The Balaban J connectivity index is 2.12. The summed E-state index contributed by atoms with van der Waals surface area (Å²) in [5.41, 5.74) is 1.82. The molecule has 2 amide bonds. The van der Waals surface area contributed by atoms with E-state index < -0.39 is 12.0 Å². The van der Waals surface area contributed by atoms with E-state index in [9.17, 15) is 9.59 Å². The zero-order valence-electron chi connectivity index (χ0n) is 13.5. The van der Waals surface area contributed by atoms with Crippen LogP contribution in [0.25, 0.3) is 0 Å². The molecule has 0 bridgehead atoms. The third-order valence-corrected chi connectivity index (χ3v) is 4.01. The number of nitrogens with zero attached hydrogens (tertiary/aromatic N) is 3. The van der Waals surface area contributed by atoms with Crippen LogP contribution in [0.1, 0.15) is 11.6 Å². The van der Waals surface area contributed by atoms with Crippen molar-refractivity contribution in [2.24, 2.45) is 0 Å². The summed E-state index contributed by atoms with van der Waals surface area (Å²) in [5.74, 6) is -0.467. The minimum Gasteiger partial charge on any atom is -0.466 e. The first-order valence-corrected chi connectivity index (χ1v) is 7.48. The number of carbonyl (C=O) groups is 2. The van der Waals surface area contributed by atoms with E-state index in [0.717, 1.165) is 5.56 Å². The quantitative estimate of drug-likeness (QED) is 0.868. The van der Waals surface area contributed by atoms with E-state index in [2.05, 4.69) is 10.3 Å². The van der Waals surface area contributed by atoms with Gasteiger partial charge in [0.15, 0.2) is 0 Å². The van der Waals surface area contributed by atoms with Gasteiger partial charge in [0.1, 0.15) is 0 Å². The monoisotopic (exact) mass is 326 g/mol. The molecular formula is C17H18N4O3. The molecule has 124 valence electrons. The number of imidazole rings is 1. The number of likely N-dealkylation sites (N-methyl/N-ethyl adjacent to an activating group) is 1. The average molecular weight is 326 g/mol. The van der Waals surface area contributed by atoms with Gasteiger partial charge in [-0.15, -0.1) is 0 Å². The smallest absolute Gasteiger partial charge is 0.338 e. The van der Waals surface area contributed by atoms with Gasteiger partial charge in [-0.3, -0.25) is 4.90 Å². The molecule has 24 heavy (non-hydrogen) atoms. The van der Waals surface area contributed by atoms with Crippen LogP contribution in [-0.4, -0.2) is 40.6 Å². The molecule has 0 saturated carbocycles. The van der Waals surface area contributed by atoms with E-state index in [0.29, 0.717) is 17.8 Å². The van der Waals surface area contributed by atoms with Crippen molar-refractivity contribution < 1.29 is 14.3 Å². The third kappa shape index (κ3) is 2.88. The predicted octanol–water partition coefficient (Wildman–Crippen LogP) is 1.71. The standard InChI is InChI=1S/C17H18N4O3/c1-20-13(10-21-9-8-18-11-21)14(16(22)24-2)15(19-17(20)23)12-6-4-3-5-7-12/h3-9,11,15H,10H2,1-2H3,(H,19,23)/t15-/m0/s1. The summed E-state index contributed by atoms with van der Waals surface area (Å²) >= 11 is 0. The van der Waals surface area contributed by atoms with Crippen LogP contribution in [0.3, 0.4) is 0 Å². The molecule has 1 N–H and O–H groups in total. The summed E-state index contributed by atoms with van der Waals surface area (Å²) in [4.78, 5) is 30.3. The minimum absolute atomic E-state index is 0.272. The topological polar surface area (TPSA) is 76.5 Å². The highest BCUT2D eigenvalue weighted by Gasteiger charge is 2.36. The molecule has 0 fully saturated rings. The number of aromatic nitrogens is 2. The Hall–Kier alpha value is -3.09. The van der Waals surface area contributed by atoms with Crippen LogP contribution in [0.2, 0.25) is 0 Å². The van der Waals surface area contributed by atoms with Gasteiger partial charge in [-0.05, 0) is 5.56 Å². The summed E-state index contributed by atoms with van der Waals surface area (Å²) in [5, 5.41) is 2.86. The maximum atomic E-state index is 12.5. The van der Waals surface area contributed by atoms with Gasteiger partial charge in [-0.2, -0.15) is 0 Å². The maximum Gasteiger partial charge on any atom is 0.338 e. The van der Waals surface area contributed by atoms with Crippen molar-refractivity contribution in [1.82, 2.24) is 19.8 Å². The SMILES string of the molecule is COC(=O)C1=C(Cn2ccnc2)N(C)C(=O)N[C@H]1c1ccccc1. The van der Waals surface area contributed by atoms with Crippen molar-refractivity contribution in [2.45, 2.75) is 12.6 Å². The first-order chi connectivity index (χ1) is 11.6. The number of urea groups is 1. The molecule has 0 aliphatic carbocycles. The van der Waals surface area contributed by atoms with E-state index in [1.165, 1.54) is 12.0 Å². The van der Waals surface area contributed by atoms with Crippen molar-refractivity contribution in [3.63, 3.8) is 0 Å². The van der Waals surface area contributed by atoms with Crippen LogP contribution < -0.4 is 5.32 Å². The Kier molecular flexibility index (Phi) is 4.33. The molecule has 7 nitrogen and oxygen atoms in total. The van der Waals surface area contributed by atoms with Crippen LogP contribution >= 0.6 is 0 Å². The molecule has 0 saturated heterocycles. The fourth-order valence-electron chi connectivity index (χ4n) is 2.75. The number of esters is 1. The lowest BCUT2D eigenvalue weighted by atomic mass is 9.94. The largest absolute Gasteiger partial charge is 0.466 e. The number of allylic oxidation sites excluding steroid dienone is 1. The highest BCUT2D eigenvalue weighted by atomic mass is 16.5. The molecule has 0 unspecified atom stereocenters. The number of nitrogens with one attached hydrogen (secondary N) is 1. The number of ether oxygens (including phenoxy) is 1. The third-order valence-electron chi connectivity index (χ3n) is 4.01. The van der Waals surface area contributed by atoms with Crippen LogP contribution in [0.5, 0.6) is 0 Å². The molecule has 1 aliphatic rings. The lowest BCUT2D eigenvalue weighted by Crippen LogP contribution is -2.47. The molecule has 2 aromatic rings. The Labute approximate surface area is 139 Å². The fraction of sp³-hybridized carbons (Fsp3) is 0.235. The number of amides is 2. The molecule has 7 heteroatoms. The molecule has 0 spiro atoms. The Morgan fingerprint density at radius 2 is 2.08 bits per heavy atom. The van der Waals surface area contributed by atoms with Crippen molar-refractivity contribution in [3.8, 4) is 0 Å². The van der Waals surface area contributed by atoms with Crippen LogP contribution in [0.15, 0.2) is 60.3 Å². The first kappa shape index (κ1) is 15.8. The minimum atomic E-state index is -0.555. The normalized spacial score (nSPS) is 17.7. The lowest BCUT2D eigenvalue weighted by Gasteiger charge is -2.34. The van der Waals surface area contributed by atoms with Crippen molar-refractivity contribution in [3.05, 3.63) is 65.9 Å². The molecule has 3 rings (SSSR count). The summed E-state index contributed by atoms with van der Waals surface area (Å²) in [6.45, 7) is 0.345. The molecule has 1 atom stereocenters. The van der Waals surface area contributed by atoms with E-state index in [-0.39, 0.29) is 6.03 Å². The second-order valence-electron chi connectivity index (χ2n) is 5.44. The molecule has 1 aromatic carbocycles. The second-order valence-corrected chi connectivity index (χ2v) is 5.44. The Morgan fingerprint density at radius 3 is 2.71 bits per heavy atom. The highest BCUT2D eigenvalue weighted by molar-refractivity contribution is 5.95. The summed E-state index contributed by atoms with van der Waals surface area (Å²) in [7, 11) is 2.97. The van der Waals surface area contributed by atoms with Gasteiger partial charge in [0.25, 0.3) is 0 Å². The van der Waals surface area contributed by atoms with Gasteiger partial charge in [-0.1, -0.05) is 30.3 Å². The van der Waals surface area contributed by atoms with Gasteiger partial charge in [0.05, 0.1) is 37.3 Å². The predicted molar refractivity (Wildman–Crippen MR) is 86.7 cm³/mol. The van der Waals surface area contributed by atoms with Gasteiger partial charge in [0.2, 0.25) is 0 Å². The van der Waals surface area contributed by atoms with Crippen LogP contribution in [-0.2, 0) is 16.1 Å². The summed E-state index contributed by atoms with van der Waals surface area (Å²) < 4.78 is 6.78. The van der Waals surface area contributed by atoms with Crippen molar-refractivity contribution in [2.75, 3.05) is 14.2 Å². The van der Waals surface area contributed by atoms with E-state index >= 15 is 0 Å². The summed E-state index contributed by atoms with van der Waals surface area (Å²) in [6.07, 6.45) is 5.06. The van der Waals surface area contributed by atoms with Crippen LogP contribution in [0, 0.1) is 0 Å². The van der Waals surface area contributed by atoms with Crippen molar-refractivity contribution >= 4 is 12.0 Å². The number of hydrogen-bond donors (Lipinski definition) is 1. The fourth-order valence-corrected chi connectivity index (χ4v) is 2.75. The van der Waals surface area contributed by atoms with Gasteiger partial charge in [-0.25, -0.2) is 14.6 Å². The zero-order chi connectivity index (χ0) is 17.1. The molecule has 0 radical (unpaired) electrons. The maximum absolute atomic E-state index is 12.5. The molecular weight excluding hydrogens is 308 g/mol. The molecule has 2 heterocycles. The first-order valence-electron chi connectivity index (χ1n) is 7.48. The zero-order valence-corrected chi connectivity index (χ0v) is 13.5. The number of benzene rings is 1. The lowest BCUT2D eigenvalue weighted by molar-refractivity contribution is -0.136. The number of methoxy groups -OCH3 is 1. The van der Waals surface area contributed by atoms with Crippen molar-refractivity contribution in [1.29, 1.82) is 0 Å². The van der Waals surface area contributed by atoms with Crippen LogP contribution in [0.4, 0.5) is 4.79 Å². The Bertz CT molecular complexity index is 768. The van der Waals surface area contributed by atoms with Gasteiger partial charge >= 0.3 is 12.0 Å². The Morgan fingerprint density at radius 1 is 1.33 bits per heavy atom. The number of carbonyl (C=O) groups excluding carboxylic acids is 2. The van der Waals surface area contributed by atoms with E-state index in [1.54, 1.807) is 30.3 Å². The average Bonchev–Trinajstić information content (AvgIpc) is 3.12. The second kappa shape index (κ2) is 6.57.